The monoisotopic (exact) mass is 279 g/mol. The van der Waals surface area contributed by atoms with Crippen molar-refractivity contribution in [2.24, 2.45) is 0 Å². The van der Waals surface area contributed by atoms with Gasteiger partial charge in [-0.15, -0.1) is 0 Å². The maximum absolute atomic E-state index is 11.3. The van der Waals surface area contributed by atoms with Gasteiger partial charge in [0.25, 0.3) is 0 Å². The second-order valence-electron chi connectivity index (χ2n) is 5.34. The van der Waals surface area contributed by atoms with E-state index in [0.717, 1.165) is 11.1 Å². The first-order valence-electron chi connectivity index (χ1n) is 6.89. The normalized spacial score (nSPS) is 14.5. The van der Waals surface area contributed by atoms with Crippen LogP contribution < -0.4 is 0 Å². The molecular weight excluding hydrogens is 266 g/mol. The zero-order valence-corrected chi connectivity index (χ0v) is 11.2. The second-order valence-corrected chi connectivity index (χ2v) is 5.34. The van der Waals surface area contributed by atoms with Gasteiger partial charge in [0, 0.05) is 23.3 Å². The van der Waals surface area contributed by atoms with Crippen molar-refractivity contribution in [3.63, 3.8) is 0 Å². The lowest BCUT2D eigenvalue weighted by Crippen LogP contribution is -1.98. The topological polar surface area (TPSA) is 68.0 Å². The van der Waals surface area contributed by atoms with Gasteiger partial charge >= 0.3 is 5.97 Å². The molecule has 0 radical (unpaired) electrons. The molecule has 2 aromatic heterocycles. The van der Waals surface area contributed by atoms with Crippen LogP contribution in [0.15, 0.2) is 42.9 Å². The Hall–Kier alpha value is -2.69. The summed E-state index contributed by atoms with van der Waals surface area (Å²) in [7, 11) is 0. The van der Waals surface area contributed by atoms with Crippen LogP contribution in [-0.2, 0) is 0 Å². The number of hydrogen-bond acceptors (Lipinski definition) is 3. The molecule has 1 fully saturated rings. The molecule has 0 amide bonds. The van der Waals surface area contributed by atoms with E-state index in [1.54, 1.807) is 0 Å². The molecule has 0 aliphatic heterocycles. The van der Waals surface area contributed by atoms with Crippen molar-refractivity contribution < 1.29 is 9.90 Å². The molecule has 21 heavy (non-hydrogen) atoms. The Morgan fingerprint density at radius 1 is 1.24 bits per heavy atom. The number of pyridine rings is 1. The van der Waals surface area contributed by atoms with E-state index >= 15 is 0 Å². The molecule has 1 aliphatic rings. The van der Waals surface area contributed by atoms with Crippen LogP contribution in [0.25, 0.3) is 22.0 Å². The van der Waals surface area contributed by atoms with E-state index in [2.05, 4.69) is 10.1 Å². The molecule has 0 spiro atoms. The molecule has 0 unspecified atom stereocenters. The third kappa shape index (κ3) is 2.07. The smallest absolute Gasteiger partial charge is 0.336 e. The molecule has 5 heteroatoms. The summed E-state index contributed by atoms with van der Waals surface area (Å²) in [5.41, 5.74) is 2.93. The fourth-order valence-corrected chi connectivity index (χ4v) is 2.54. The molecule has 1 saturated carbocycles. The van der Waals surface area contributed by atoms with E-state index < -0.39 is 5.97 Å². The lowest BCUT2D eigenvalue weighted by Gasteiger charge is -2.04. The van der Waals surface area contributed by atoms with E-state index in [1.165, 1.54) is 25.1 Å². The van der Waals surface area contributed by atoms with Crippen molar-refractivity contribution in [1.29, 1.82) is 0 Å². The summed E-state index contributed by atoms with van der Waals surface area (Å²) >= 11 is 0. The maximum Gasteiger partial charge on any atom is 0.336 e. The maximum atomic E-state index is 11.3. The Morgan fingerprint density at radius 3 is 2.86 bits per heavy atom. The highest BCUT2D eigenvalue weighted by Crippen LogP contribution is 2.35. The number of aromatic nitrogens is 3. The minimum atomic E-state index is -0.937. The molecule has 4 rings (SSSR count). The molecular formula is C16H13N3O2. The van der Waals surface area contributed by atoms with Gasteiger partial charge in [-0.1, -0.05) is 6.07 Å². The van der Waals surface area contributed by atoms with Crippen molar-refractivity contribution in [1.82, 2.24) is 14.8 Å². The van der Waals surface area contributed by atoms with Gasteiger partial charge in [0.05, 0.1) is 23.3 Å². The fraction of sp³-hybridized carbons (Fsp3) is 0.188. The first-order chi connectivity index (χ1) is 10.2. The van der Waals surface area contributed by atoms with Crippen molar-refractivity contribution >= 4 is 16.9 Å². The summed E-state index contributed by atoms with van der Waals surface area (Å²) in [6, 6.07) is 7.75. The Bertz CT molecular complexity index is 850. The number of nitrogens with zero attached hydrogens (tertiary/aromatic N) is 3. The van der Waals surface area contributed by atoms with Crippen LogP contribution in [0.1, 0.15) is 29.2 Å². The lowest BCUT2D eigenvalue weighted by molar-refractivity contribution is 0.0699. The molecule has 0 bridgehead atoms. The third-order valence-corrected chi connectivity index (χ3v) is 3.83. The fourth-order valence-electron chi connectivity index (χ4n) is 2.54. The second kappa shape index (κ2) is 4.41. The van der Waals surface area contributed by atoms with Crippen LogP contribution in [0.2, 0.25) is 0 Å². The number of carboxylic acids is 1. The van der Waals surface area contributed by atoms with Crippen molar-refractivity contribution in [3.05, 3.63) is 48.4 Å². The number of carboxylic acid groups (broad SMARTS) is 1. The number of rotatable bonds is 3. The van der Waals surface area contributed by atoms with Crippen LogP contribution in [0, 0.1) is 0 Å². The zero-order valence-electron chi connectivity index (χ0n) is 11.2. The largest absolute Gasteiger partial charge is 0.478 e. The SMILES string of the molecule is O=C(O)c1ccnc2ccc(-c3cnn(C4CC4)c3)cc12. The van der Waals surface area contributed by atoms with E-state index in [9.17, 15) is 9.90 Å². The van der Waals surface area contributed by atoms with Gasteiger partial charge in [-0.25, -0.2) is 4.79 Å². The summed E-state index contributed by atoms with van der Waals surface area (Å²) in [6.45, 7) is 0. The highest BCUT2D eigenvalue weighted by molar-refractivity contribution is 6.03. The highest BCUT2D eigenvalue weighted by atomic mass is 16.4. The lowest BCUT2D eigenvalue weighted by atomic mass is 10.0. The van der Waals surface area contributed by atoms with Gasteiger partial charge in [0.1, 0.15) is 0 Å². The van der Waals surface area contributed by atoms with Gasteiger partial charge in [0.15, 0.2) is 0 Å². The third-order valence-electron chi connectivity index (χ3n) is 3.83. The zero-order chi connectivity index (χ0) is 14.4. The van der Waals surface area contributed by atoms with E-state index in [4.69, 9.17) is 0 Å². The van der Waals surface area contributed by atoms with Gasteiger partial charge in [-0.3, -0.25) is 9.67 Å². The Kier molecular flexibility index (Phi) is 2.54. The predicted octanol–water partition coefficient (Wildman–Crippen LogP) is 3.13. The molecule has 104 valence electrons. The van der Waals surface area contributed by atoms with E-state index in [-0.39, 0.29) is 5.56 Å². The number of aromatic carboxylic acids is 1. The van der Waals surface area contributed by atoms with Crippen LogP contribution in [0.5, 0.6) is 0 Å². The average molecular weight is 279 g/mol. The van der Waals surface area contributed by atoms with Crippen molar-refractivity contribution in [2.75, 3.05) is 0 Å². The number of fused-ring (bicyclic) bond motifs is 1. The van der Waals surface area contributed by atoms with Gasteiger partial charge in [-0.05, 0) is 36.6 Å². The molecule has 1 N–H and O–H groups in total. The van der Waals surface area contributed by atoms with E-state index in [1.807, 2.05) is 35.3 Å². The minimum absolute atomic E-state index is 0.274. The summed E-state index contributed by atoms with van der Waals surface area (Å²) in [5, 5.41) is 14.3. The number of hydrogen-bond donors (Lipinski definition) is 1. The average Bonchev–Trinajstić information content (AvgIpc) is 3.23. The van der Waals surface area contributed by atoms with E-state index in [0.29, 0.717) is 16.9 Å². The first kappa shape index (κ1) is 12.1. The highest BCUT2D eigenvalue weighted by Gasteiger charge is 2.24. The first-order valence-corrected chi connectivity index (χ1v) is 6.89. The van der Waals surface area contributed by atoms with Gasteiger partial charge in [0.2, 0.25) is 0 Å². The summed E-state index contributed by atoms with van der Waals surface area (Å²) in [5.74, 6) is -0.937. The van der Waals surface area contributed by atoms with Gasteiger partial charge < -0.3 is 5.11 Å². The van der Waals surface area contributed by atoms with Crippen LogP contribution in [0.3, 0.4) is 0 Å². The summed E-state index contributed by atoms with van der Waals surface area (Å²) < 4.78 is 1.99. The molecule has 1 aromatic carbocycles. The Balaban J connectivity index is 1.84. The molecule has 5 nitrogen and oxygen atoms in total. The Labute approximate surface area is 120 Å². The molecule has 1 aliphatic carbocycles. The molecule has 2 heterocycles. The predicted molar refractivity (Wildman–Crippen MR) is 78.2 cm³/mol. The molecule has 0 saturated heterocycles. The van der Waals surface area contributed by atoms with Crippen molar-refractivity contribution in [3.8, 4) is 11.1 Å². The van der Waals surface area contributed by atoms with Crippen LogP contribution in [-0.4, -0.2) is 25.8 Å². The van der Waals surface area contributed by atoms with Crippen molar-refractivity contribution in [2.45, 2.75) is 18.9 Å². The summed E-state index contributed by atoms with van der Waals surface area (Å²) in [6.07, 6.45) is 7.75. The standard InChI is InChI=1S/C16H13N3O2/c20-16(21)13-5-6-17-15-4-1-10(7-14(13)15)11-8-18-19(9-11)12-2-3-12/h1,4-9,12H,2-3H2,(H,20,21). The van der Waals surface area contributed by atoms with Crippen LogP contribution >= 0.6 is 0 Å². The number of benzene rings is 1. The quantitative estimate of drug-likeness (QED) is 0.799. The summed E-state index contributed by atoms with van der Waals surface area (Å²) in [4.78, 5) is 15.5. The van der Waals surface area contributed by atoms with Gasteiger partial charge in [-0.2, -0.15) is 5.10 Å². The number of carbonyl (C=O) groups is 1. The Morgan fingerprint density at radius 2 is 2.10 bits per heavy atom. The van der Waals surface area contributed by atoms with Crippen LogP contribution in [0.4, 0.5) is 0 Å². The molecule has 0 atom stereocenters. The minimum Gasteiger partial charge on any atom is -0.478 e. The molecule has 3 aromatic rings.